The second kappa shape index (κ2) is 5.13. The molecule has 1 fully saturated rings. The maximum Gasteiger partial charge on any atom is 0.0480 e. The van der Waals surface area contributed by atoms with Crippen molar-refractivity contribution in [2.45, 2.75) is 45.2 Å². The average Bonchev–Trinajstić information content (AvgIpc) is 2.68. The van der Waals surface area contributed by atoms with E-state index in [9.17, 15) is 0 Å². The molecule has 0 aromatic heterocycles. The Morgan fingerprint density at radius 2 is 1.93 bits per heavy atom. The van der Waals surface area contributed by atoms with E-state index in [1.54, 1.807) is 0 Å². The van der Waals surface area contributed by atoms with E-state index in [1.165, 1.54) is 19.3 Å². The van der Waals surface area contributed by atoms with Gasteiger partial charge in [-0.2, -0.15) is 0 Å². The number of hydrogen-bond donors (Lipinski definition) is 1. The molecule has 0 amide bonds. The molecule has 2 aliphatic rings. The number of nitrogens with one attached hydrogen (secondary N) is 1. The Hall–Kier alpha value is -0.340. The first-order valence-corrected chi connectivity index (χ1v) is 6.28. The zero-order chi connectivity index (χ0) is 10.7. The average molecular weight is 209 g/mol. The van der Waals surface area contributed by atoms with Gasteiger partial charge in [-0.25, -0.2) is 0 Å². The molecule has 0 unspecified atom stereocenters. The minimum Gasteiger partial charge on any atom is -0.381 e. The van der Waals surface area contributed by atoms with Crippen molar-refractivity contribution in [3.05, 3.63) is 12.2 Å². The van der Waals surface area contributed by atoms with E-state index < -0.39 is 0 Å². The summed E-state index contributed by atoms with van der Waals surface area (Å²) in [7, 11) is 0. The summed E-state index contributed by atoms with van der Waals surface area (Å²) in [6.45, 7) is 6.49. The van der Waals surface area contributed by atoms with E-state index in [4.69, 9.17) is 4.74 Å². The SMILES string of the molecule is CC(C)[C@@H]1C=C[C@@H](NC2CCOCC2)C1. The molecule has 0 aromatic rings. The van der Waals surface area contributed by atoms with Crippen LogP contribution in [0.5, 0.6) is 0 Å². The second-order valence-electron chi connectivity index (χ2n) is 5.19. The summed E-state index contributed by atoms with van der Waals surface area (Å²) in [4.78, 5) is 0. The lowest BCUT2D eigenvalue weighted by Crippen LogP contribution is -2.40. The minimum absolute atomic E-state index is 0.612. The molecule has 1 aliphatic heterocycles. The van der Waals surface area contributed by atoms with Gasteiger partial charge in [-0.3, -0.25) is 0 Å². The first-order chi connectivity index (χ1) is 7.25. The summed E-state index contributed by atoms with van der Waals surface area (Å²) in [5, 5.41) is 3.74. The quantitative estimate of drug-likeness (QED) is 0.720. The number of allylic oxidation sites excluding steroid dienone is 1. The van der Waals surface area contributed by atoms with Gasteiger partial charge in [0.2, 0.25) is 0 Å². The standard InChI is InChI=1S/C13H23NO/c1-10(2)11-3-4-13(9-11)14-12-5-7-15-8-6-12/h3-4,10-14H,5-9H2,1-2H3/t11-,13-/m1/s1. The third-order valence-electron chi connectivity index (χ3n) is 3.64. The zero-order valence-corrected chi connectivity index (χ0v) is 9.91. The molecule has 2 rings (SSSR count). The van der Waals surface area contributed by atoms with E-state index in [-0.39, 0.29) is 0 Å². The van der Waals surface area contributed by atoms with E-state index in [2.05, 4.69) is 31.3 Å². The van der Waals surface area contributed by atoms with Gasteiger partial charge in [0.05, 0.1) is 0 Å². The van der Waals surface area contributed by atoms with Crippen molar-refractivity contribution in [1.29, 1.82) is 0 Å². The fourth-order valence-electron chi connectivity index (χ4n) is 2.51. The molecule has 2 nitrogen and oxygen atoms in total. The molecular weight excluding hydrogens is 186 g/mol. The topological polar surface area (TPSA) is 21.3 Å². The molecule has 0 radical (unpaired) electrons. The summed E-state index contributed by atoms with van der Waals surface area (Å²) in [5.41, 5.74) is 0. The molecule has 0 bridgehead atoms. The molecule has 2 atom stereocenters. The van der Waals surface area contributed by atoms with Crippen LogP contribution in [0.3, 0.4) is 0 Å². The van der Waals surface area contributed by atoms with Crippen LogP contribution < -0.4 is 5.32 Å². The van der Waals surface area contributed by atoms with Crippen molar-refractivity contribution in [2.75, 3.05) is 13.2 Å². The van der Waals surface area contributed by atoms with Crippen molar-refractivity contribution >= 4 is 0 Å². The van der Waals surface area contributed by atoms with Crippen LogP contribution in [0.15, 0.2) is 12.2 Å². The number of ether oxygens (including phenoxy) is 1. The first-order valence-electron chi connectivity index (χ1n) is 6.28. The van der Waals surface area contributed by atoms with Gasteiger partial charge in [-0.15, -0.1) is 0 Å². The summed E-state index contributed by atoms with van der Waals surface area (Å²) in [6, 6.07) is 1.29. The van der Waals surface area contributed by atoms with Gasteiger partial charge < -0.3 is 10.1 Å². The third-order valence-corrected chi connectivity index (χ3v) is 3.64. The van der Waals surface area contributed by atoms with Gasteiger partial charge in [0.15, 0.2) is 0 Å². The third kappa shape index (κ3) is 3.05. The Balaban J connectivity index is 1.75. The van der Waals surface area contributed by atoms with Gasteiger partial charge in [0.25, 0.3) is 0 Å². The molecule has 0 aromatic carbocycles. The van der Waals surface area contributed by atoms with Gasteiger partial charge in [-0.1, -0.05) is 26.0 Å². The van der Waals surface area contributed by atoms with E-state index in [1.807, 2.05) is 0 Å². The molecule has 0 saturated carbocycles. The summed E-state index contributed by atoms with van der Waals surface area (Å²) < 4.78 is 5.37. The van der Waals surface area contributed by atoms with Crippen LogP contribution in [0.4, 0.5) is 0 Å². The highest BCUT2D eigenvalue weighted by atomic mass is 16.5. The molecule has 0 spiro atoms. The normalized spacial score (nSPS) is 32.7. The smallest absolute Gasteiger partial charge is 0.0480 e. The molecule has 1 N–H and O–H groups in total. The van der Waals surface area contributed by atoms with Crippen LogP contribution in [0.1, 0.15) is 33.1 Å². The van der Waals surface area contributed by atoms with E-state index >= 15 is 0 Å². The van der Waals surface area contributed by atoms with Gasteiger partial charge in [0.1, 0.15) is 0 Å². The van der Waals surface area contributed by atoms with Crippen LogP contribution in [-0.2, 0) is 4.74 Å². The Morgan fingerprint density at radius 1 is 1.20 bits per heavy atom. The molecular formula is C13H23NO. The predicted molar refractivity (Wildman–Crippen MR) is 62.8 cm³/mol. The minimum atomic E-state index is 0.612. The van der Waals surface area contributed by atoms with Gasteiger partial charge >= 0.3 is 0 Å². The first kappa shape index (κ1) is 11.2. The Labute approximate surface area is 93.1 Å². The van der Waals surface area contributed by atoms with Crippen molar-refractivity contribution in [2.24, 2.45) is 11.8 Å². The van der Waals surface area contributed by atoms with Crippen LogP contribution >= 0.6 is 0 Å². The van der Waals surface area contributed by atoms with Gasteiger partial charge in [0, 0.05) is 25.3 Å². The maximum atomic E-state index is 5.37. The fourth-order valence-corrected chi connectivity index (χ4v) is 2.51. The predicted octanol–water partition coefficient (Wildman–Crippen LogP) is 2.36. The summed E-state index contributed by atoms with van der Waals surface area (Å²) >= 11 is 0. The van der Waals surface area contributed by atoms with E-state index in [0.29, 0.717) is 12.1 Å². The maximum absolute atomic E-state index is 5.37. The van der Waals surface area contributed by atoms with E-state index in [0.717, 1.165) is 25.0 Å². The van der Waals surface area contributed by atoms with Crippen LogP contribution in [0.25, 0.3) is 0 Å². The van der Waals surface area contributed by atoms with Crippen molar-refractivity contribution in [3.63, 3.8) is 0 Å². The van der Waals surface area contributed by atoms with Crippen LogP contribution in [0, 0.1) is 11.8 Å². The fraction of sp³-hybridized carbons (Fsp3) is 0.846. The lowest BCUT2D eigenvalue weighted by Gasteiger charge is -2.26. The largest absolute Gasteiger partial charge is 0.381 e. The molecule has 2 heteroatoms. The molecule has 1 aliphatic carbocycles. The Morgan fingerprint density at radius 3 is 2.53 bits per heavy atom. The monoisotopic (exact) mass is 209 g/mol. The zero-order valence-electron chi connectivity index (χ0n) is 9.91. The second-order valence-corrected chi connectivity index (χ2v) is 5.19. The Kier molecular flexibility index (Phi) is 3.81. The highest BCUT2D eigenvalue weighted by molar-refractivity contribution is 5.07. The van der Waals surface area contributed by atoms with Crippen molar-refractivity contribution < 1.29 is 4.74 Å². The highest BCUT2D eigenvalue weighted by Crippen LogP contribution is 2.25. The van der Waals surface area contributed by atoms with Crippen molar-refractivity contribution in [3.8, 4) is 0 Å². The number of hydrogen-bond acceptors (Lipinski definition) is 2. The number of rotatable bonds is 3. The van der Waals surface area contributed by atoms with Crippen molar-refractivity contribution in [1.82, 2.24) is 5.32 Å². The Bertz CT molecular complexity index is 219. The van der Waals surface area contributed by atoms with Gasteiger partial charge in [-0.05, 0) is 31.1 Å². The van der Waals surface area contributed by atoms with Crippen LogP contribution in [-0.4, -0.2) is 25.3 Å². The summed E-state index contributed by atoms with van der Waals surface area (Å²) in [5.74, 6) is 1.56. The highest BCUT2D eigenvalue weighted by Gasteiger charge is 2.24. The molecule has 1 heterocycles. The molecule has 86 valence electrons. The lowest BCUT2D eigenvalue weighted by molar-refractivity contribution is 0.0759. The molecule has 15 heavy (non-hydrogen) atoms. The molecule has 1 saturated heterocycles. The lowest BCUT2D eigenvalue weighted by atomic mass is 9.94. The summed E-state index contributed by atoms with van der Waals surface area (Å²) in [6.07, 6.45) is 8.39. The van der Waals surface area contributed by atoms with Crippen LogP contribution in [0.2, 0.25) is 0 Å².